The molecule has 0 fully saturated rings. The molecule has 11 aromatic rings. The minimum absolute atomic E-state index is 0.0338. The maximum atomic E-state index is 13.2. The minimum atomic E-state index is -0.749. The molecule has 0 unspecified atom stereocenters. The molecule has 2 aromatic heterocycles. The van der Waals surface area contributed by atoms with Gasteiger partial charge in [0.05, 0.1) is 10.8 Å². The molecular formula is C106H108N6O8. The molecule has 0 atom stereocenters. The Morgan fingerprint density at radius 2 is 0.367 bits per heavy atom. The van der Waals surface area contributed by atoms with Crippen LogP contribution in [0.5, 0.6) is 0 Å². The summed E-state index contributed by atoms with van der Waals surface area (Å²) in [5.41, 5.74) is 18.1. The Balaban J connectivity index is 0.619. The fraction of sp³-hybridized carbons (Fsp3) is 0.283. The maximum absolute atomic E-state index is 13.2. The number of nitrogens with zero attached hydrogens (tertiary/aromatic N) is 2. The predicted molar refractivity (Wildman–Crippen MR) is 484 cm³/mol. The highest BCUT2D eigenvalue weighted by Gasteiger charge is 2.41. The largest absolute Gasteiger partial charge is 0.436 e. The Kier molecular flexibility index (Phi) is 27.0. The summed E-state index contributed by atoms with van der Waals surface area (Å²) in [5, 5.41) is 11.0. The predicted octanol–water partition coefficient (Wildman–Crippen LogP) is 23.4. The second kappa shape index (κ2) is 37.0. The van der Waals surface area contributed by atoms with E-state index in [4.69, 9.17) is 18.9 Å². The van der Waals surface area contributed by atoms with Crippen LogP contribution < -0.4 is 21.3 Å². The topological polar surface area (TPSA) is 179 Å². The molecule has 0 aliphatic carbocycles. The van der Waals surface area contributed by atoms with Gasteiger partial charge in [-0.15, -0.1) is 0 Å². The quantitative estimate of drug-likeness (QED) is 0.0413. The van der Waals surface area contributed by atoms with E-state index in [0.717, 1.165) is 44.5 Å². The summed E-state index contributed by atoms with van der Waals surface area (Å²) >= 11 is 0. The lowest BCUT2D eigenvalue weighted by molar-refractivity contribution is 0.175. The van der Waals surface area contributed by atoms with Crippen LogP contribution in [-0.2, 0) is 62.3 Å². The zero-order valence-corrected chi connectivity index (χ0v) is 72.2. The van der Waals surface area contributed by atoms with Gasteiger partial charge in [0.15, 0.2) is 26.4 Å². The van der Waals surface area contributed by atoms with Gasteiger partial charge in [0.1, 0.15) is 22.8 Å². The van der Waals surface area contributed by atoms with Crippen molar-refractivity contribution in [2.24, 2.45) is 0 Å². The Bertz CT molecular complexity index is 5070. The Hall–Kier alpha value is -13.4. The molecule has 120 heavy (non-hydrogen) atoms. The second-order valence-corrected chi connectivity index (χ2v) is 36.0. The molecular weight excluding hydrogens is 1490 g/mol. The summed E-state index contributed by atoms with van der Waals surface area (Å²) in [6.07, 6.45) is -2.82. The number of carbonyl (C=O) groups excluding carboxylic acids is 4. The van der Waals surface area contributed by atoms with Crippen LogP contribution in [0, 0.1) is 47.4 Å². The van der Waals surface area contributed by atoms with Crippen molar-refractivity contribution < 1.29 is 38.1 Å². The Morgan fingerprint density at radius 1 is 0.225 bits per heavy atom. The number of ether oxygens (including phenoxy) is 4. The first kappa shape index (κ1) is 87.4. The standard InChI is InChI=1S/C106H108N6O8/c1-99(2,3)73-33-45-79(46-34-73)105(80-47-35-74(36-48-80)100(4,5)6,81-49-37-75(38-50-81)101(7,8)9)85-57-61-91(62-58-85)109-95(113)117-69-21-29-87-25-19-27-89(107-87)31-23-71-119-97(115)111-93-65-67-94(68-66-93)112-98(116)120-72-24-32-90-28-20-26-88(108-90)30-22-70-118-96(114)110-92-63-59-86(60-64-92)106(82-51-39-76(40-52-82)102(10,11)12,83-53-41-77(42-54-83)103(13,14)15)84-55-43-78(44-56-84)104(16,17)18/h19-20,25-28,33-68H,69-72H2,1-18H3,(H,109,113)(H,110,114)(H,111,115)(H,112,116). The first-order valence-corrected chi connectivity index (χ1v) is 40.5. The van der Waals surface area contributed by atoms with Gasteiger partial charge < -0.3 is 18.9 Å². The number of amides is 4. The van der Waals surface area contributed by atoms with E-state index in [9.17, 15) is 19.2 Å². The van der Waals surface area contributed by atoms with Gasteiger partial charge in [-0.25, -0.2) is 29.1 Å². The van der Waals surface area contributed by atoms with Gasteiger partial charge in [0.2, 0.25) is 0 Å². The van der Waals surface area contributed by atoms with Crippen LogP contribution in [0.1, 0.15) is 225 Å². The first-order chi connectivity index (χ1) is 56.8. The van der Waals surface area contributed by atoms with Gasteiger partial charge in [-0.05, 0) is 207 Å². The molecule has 0 radical (unpaired) electrons. The summed E-state index contributed by atoms with van der Waals surface area (Å²) in [6.45, 7) is 39.2. The normalized spacial score (nSPS) is 11.8. The third-order valence-electron chi connectivity index (χ3n) is 21.1. The molecule has 0 saturated heterocycles. The van der Waals surface area contributed by atoms with E-state index >= 15 is 0 Å². The lowest BCUT2D eigenvalue weighted by Crippen LogP contribution is -2.31. The van der Waals surface area contributed by atoms with Crippen molar-refractivity contribution in [2.45, 2.75) is 168 Å². The third kappa shape index (κ3) is 22.3. The fourth-order valence-electron chi connectivity index (χ4n) is 14.2. The highest BCUT2D eigenvalue weighted by Crippen LogP contribution is 2.49. The second-order valence-electron chi connectivity index (χ2n) is 36.0. The summed E-state index contributed by atoms with van der Waals surface area (Å²) in [6, 6.07) is 86.6. The molecule has 0 spiro atoms. The Morgan fingerprint density at radius 3 is 0.525 bits per heavy atom. The van der Waals surface area contributed by atoms with Crippen LogP contribution in [0.2, 0.25) is 0 Å². The van der Waals surface area contributed by atoms with Crippen LogP contribution >= 0.6 is 0 Å². The van der Waals surface area contributed by atoms with Crippen molar-refractivity contribution in [3.8, 4) is 47.4 Å². The molecule has 9 aromatic carbocycles. The van der Waals surface area contributed by atoms with Crippen molar-refractivity contribution in [1.29, 1.82) is 0 Å². The molecule has 2 heterocycles. The van der Waals surface area contributed by atoms with Gasteiger partial charge >= 0.3 is 24.4 Å². The van der Waals surface area contributed by atoms with Crippen molar-refractivity contribution in [2.75, 3.05) is 47.7 Å². The van der Waals surface area contributed by atoms with E-state index in [1.807, 2.05) is 24.3 Å². The summed E-state index contributed by atoms with van der Waals surface area (Å²) in [7, 11) is 0. The number of aromatic nitrogens is 2. The number of hydrogen-bond acceptors (Lipinski definition) is 10. The SMILES string of the molecule is CC(C)(C)c1ccc(C(c2ccc(NC(=O)OCC#Cc3cccc(C#CCOC(=O)Nc4ccc(NC(=O)OCC#Cc5cccc(C#CCOC(=O)Nc6ccc(C(c7ccc(C(C)(C)C)cc7)(c7ccc(C(C)(C)C)cc7)c7ccc(C(C)(C)C)cc7)cc6)n5)cc4)n3)cc2)(c2ccc(C(C)(C)C)cc2)c2ccc(C(C)(C)C)cc2)cc1. The van der Waals surface area contributed by atoms with E-state index in [0.29, 0.717) is 45.5 Å². The molecule has 0 aliphatic heterocycles. The Labute approximate surface area is 709 Å². The molecule has 4 amide bonds. The van der Waals surface area contributed by atoms with Gasteiger partial charge in [-0.2, -0.15) is 0 Å². The number of anilines is 4. The van der Waals surface area contributed by atoms with Gasteiger partial charge in [-0.1, -0.05) is 330 Å². The summed E-state index contributed by atoms with van der Waals surface area (Å²) in [4.78, 5) is 60.8. The number of benzene rings is 9. The molecule has 4 N–H and O–H groups in total. The monoisotopic (exact) mass is 1590 g/mol. The van der Waals surface area contributed by atoms with E-state index in [-0.39, 0.29) is 58.9 Å². The van der Waals surface area contributed by atoms with Crippen LogP contribution in [-0.4, -0.2) is 60.8 Å². The number of nitrogens with one attached hydrogen (secondary N) is 4. The lowest BCUT2D eigenvalue weighted by atomic mass is 9.64. The number of carbonyl (C=O) groups is 4. The third-order valence-corrected chi connectivity index (χ3v) is 21.1. The van der Waals surface area contributed by atoms with Crippen LogP contribution in [0.4, 0.5) is 41.9 Å². The number of rotatable bonds is 16. The molecule has 11 rings (SSSR count). The molecule has 0 bridgehead atoms. The zero-order valence-electron chi connectivity index (χ0n) is 72.2. The van der Waals surface area contributed by atoms with Crippen LogP contribution in [0.3, 0.4) is 0 Å². The summed E-state index contributed by atoms with van der Waals surface area (Å²) < 4.78 is 21.6. The fourth-order valence-corrected chi connectivity index (χ4v) is 14.2. The average molecular weight is 1590 g/mol. The lowest BCUT2D eigenvalue weighted by Gasteiger charge is -2.38. The zero-order chi connectivity index (χ0) is 86.3. The van der Waals surface area contributed by atoms with Crippen LogP contribution in [0.25, 0.3) is 0 Å². The first-order valence-electron chi connectivity index (χ1n) is 40.5. The minimum Gasteiger partial charge on any atom is -0.436 e. The van der Waals surface area contributed by atoms with E-state index in [1.54, 1.807) is 60.7 Å². The smallest absolute Gasteiger partial charge is 0.412 e. The molecule has 14 heteroatoms. The van der Waals surface area contributed by atoms with Crippen molar-refractivity contribution in [3.05, 3.63) is 355 Å². The van der Waals surface area contributed by atoms with Crippen LogP contribution in [0.15, 0.2) is 255 Å². The van der Waals surface area contributed by atoms with Crippen molar-refractivity contribution >= 4 is 47.1 Å². The molecule has 0 saturated carbocycles. The van der Waals surface area contributed by atoms with E-state index in [1.165, 1.54) is 33.4 Å². The highest BCUT2D eigenvalue weighted by atomic mass is 16.6. The van der Waals surface area contributed by atoms with Crippen molar-refractivity contribution in [3.63, 3.8) is 0 Å². The van der Waals surface area contributed by atoms with E-state index in [2.05, 4.69) is 373 Å². The van der Waals surface area contributed by atoms with E-state index < -0.39 is 35.2 Å². The molecule has 610 valence electrons. The maximum Gasteiger partial charge on any atom is 0.412 e. The molecule has 0 aliphatic rings. The van der Waals surface area contributed by atoms with Crippen molar-refractivity contribution in [1.82, 2.24) is 9.97 Å². The number of hydrogen-bond donors (Lipinski definition) is 4. The average Bonchev–Trinajstić information content (AvgIpc) is 0.732. The molecule has 14 nitrogen and oxygen atoms in total. The highest BCUT2D eigenvalue weighted by molar-refractivity contribution is 5.88. The summed E-state index contributed by atoms with van der Waals surface area (Å²) in [5.74, 6) is 22.9. The number of pyridine rings is 2. The van der Waals surface area contributed by atoms with Gasteiger partial charge in [-0.3, -0.25) is 21.3 Å². The van der Waals surface area contributed by atoms with Gasteiger partial charge in [0.25, 0.3) is 0 Å². The van der Waals surface area contributed by atoms with Gasteiger partial charge in [0, 0.05) is 22.7 Å².